The first kappa shape index (κ1) is 10.2. The van der Waals surface area contributed by atoms with Gasteiger partial charge in [-0.3, -0.25) is 9.78 Å². The average Bonchev–Trinajstić information content (AvgIpc) is 2.10. The lowest BCUT2D eigenvalue weighted by Crippen LogP contribution is -2.16. The Balaban J connectivity index is 2.77. The molecule has 0 unspecified atom stereocenters. The van der Waals surface area contributed by atoms with Gasteiger partial charge in [-0.05, 0) is 6.92 Å². The van der Waals surface area contributed by atoms with Gasteiger partial charge in [0.1, 0.15) is 5.82 Å². The van der Waals surface area contributed by atoms with E-state index in [1.807, 2.05) is 0 Å². The molecule has 0 aromatic carbocycles. The summed E-state index contributed by atoms with van der Waals surface area (Å²) >= 11 is 0. The number of nitrogen functional groups attached to an aromatic ring is 1. The predicted molar refractivity (Wildman–Crippen MR) is 49.6 cm³/mol. The molecule has 0 saturated carbocycles. The molecule has 1 aromatic rings. The summed E-state index contributed by atoms with van der Waals surface area (Å²) in [6.07, 6.45) is 1.29. The number of aromatic nitrogens is 2. The zero-order chi connectivity index (χ0) is 10.6. The quantitative estimate of drug-likeness (QED) is 0.634. The van der Waals surface area contributed by atoms with Gasteiger partial charge in [0.15, 0.2) is 0 Å². The summed E-state index contributed by atoms with van der Waals surface area (Å²) in [5.74, 6) is -0.244. The summed E-state index contributed by atoms with van der Waals surface area (Å²) in [6, 6.07) is 0. The molecule has 0 radical (unpaired) electrons. The molecule has 0 spiro atoms. The van der Waals surface area contributed by atoms with E-state index in [2.05, 4.69) is 9.97 Å². The van der Waals surface area contributed by atoms with Crippen molar-refractivity contribution in [3.63, 3.8) is 0 Å². The van der Waals surface area contributed by atoms with Crippen LogP contribution in [0.4, 0.5) is 5.82 Å². The third-order valence-electron chi connectivity index (χ3n) is 1.57. The number of carbonyl (C=O) groups excluding carboxylic acids is 1. The van der Waals surface area contributed by atoms with Crippen LogP contribution < -0.4 is 11.4 Å². The van der Waals surface area contributed by atoms with E-state index in [-0.39, 0.29) is 12.2 Å². The van der Waals surface area contributed by atoms with Gasteiger partial charge in [0, 0.05) is 11.8 Å². The first-order valence-electron chi connectivity index (χ1n) is 4.12. The van der Waals surface area contributed by atoms with Gasteiger partial charge >= 0.3 is 11.7 Å². The lowest BCUT2D eigenvalue weighted by Gasteiger charge is -2.03. The van der Waals surface area contributed by atoms with Crippen molar-refractivity contribution in [1.29, 1.82) is 0 Å². The molecule has 0 saturated heterocycles. The molecule has 3 N–H and O–H groups in total. The largest absolute Gasteiger partial charge is 0.466 e. The van der Waals surface area contributed by atoms with Crippen LogP contribution in [0.3, 0.4) is 0 Å². The van der Waals surface area contributed by atoms with Crippen LogP contribution in [0.2, 0.25) is 0 Å². The highest BCUT2D eigenvalue weighted by Crippen LogP contribution is 2.04. The molecule has 0 aliphatic rings. The van der Waals surface area contributed by atoms with Gasteiger partial charge < -0.3 is 10.5 Å². The summed E-state index contributed by atoms with van der Waals surface area (Å²) in [5.41, 5.74) is 5.39. The van der Waals surface area contributed by atoms with Crippen molar-refractivity contribution in [1.82, 2.24) is 9.97 Å². The van der Waals surface area contributed by atoms with Crippen LogP contribution in [0.25, 0.3) is 0 Å². The van der Waals surface area contributed by atoms with Crippen molar-refractivity contribution in [3.8, 4) is 0 Å². The third kappa shape index (κ3) is 2.58. The molecule has 76 valence electrons. The van der Waals surface area contributed by atoms with E-state index in [9.17, 15) is 9.59 Å². The number of rotatable bonds is 3. The molecule has 1 heterocycles. The Hall–Kier alpha value is -1.85. The van der Waals surface area contributed by atoms with E-state index in [0.29, 0.717) is 12.2 Å². The van der Waals surface area contributed by atoms with E-state index in [1.54, 1.807) is 6.92 Å². The lowest BCUT2D eigenvalue weighted by molar-refractivity contribution is -0.142. The molecular formula is C8H11N3O3. The molecule has 0 aliphatic carbocycles. The number of aromatic amines is 1. The minimum absolute atomic E-state index is 0.0173. The van der Waals surface area contributed by atoms with Crippen molar-refractivity contribution in [3.05, 3.63) is 22.2 Å². The number of carbonyl (C=O) groups is 1. The normalized spacial score (nSPS) is 9.79. The zero-order valence-electron chi connectivity index (χ0n) is 7.74. The van der Waals surface area contributed by atoms with Gasteiger partial charge in [-0.2, -0.15) is 0 Å². The van der Waals surface area contributed by atoms with Gasteiger partial charge in [0.25, 0.3) is 0 Å². The lowest BCUT2D eigenvalue weighted by atomic mass is 10.2. The van der Waals surface area contributed by atoms with Crippen molar-refractivity contribution in [2.24, 2.45) is 0 Å². The van der Waals surface area contributed by atoms with Gasteiger partial charge in [-0.25, -0.2) is 9.78 Å². The van der Waals surface area contributed by atoms with E-state index in [4.69, 9.17) is 10.5 Å². The Labute approximate surface area is 80.1 Å². The van der Waals surface area contributed by atoms with Gasteiger partial charge in [0.2, 0.25) is 0 Å². The molecular weight excluding hydrogens is 186 g/mol. The first-order chi connectivity index (χ1) is 6.63. The fourth-order valence-corrected chi connectivity index (χ4v) is 0.942. The average molecular weight is 197 g/mol. The standard InChI is InChI=1S/C8H11N3O3/c1-2-14-6(12)3-5-4-10-8(13)11-7(5)9/h4H,2-3H2,1H3,(H3,9,10,11,13). The minimum Gasteiger partial charge on any atom is -0.466 e. The SMILES string of the molecule is CCOC(=O)Cc1cnc(=O)[nH]c1N. The Morgan fingerprint density at radius 1 is 1.71 bits per heavy atom. The summed E-state index contributed by atoms with van der Waals surface area (Å²) < 4.78 is 4.72. The number of ether oxygens (including phenoxy) is 1. The number of nitrogens with zero attached hydrogens (tertiary/aromatic N) is 1. The summed E-state index contributed by atoms with van der Waals surface area (Å²) in [4.78, 5) is 27.5. The molecule has 6 heteroatoms. The molecule has 14 heavy (non-hydrogen) atoms. The first-order valence-corrected chi connectivity index (χ1v) is 4.12. The highest BCUT2D eigenvalue weighted by Gasteiger charge is 2.07. The van der Waals surface area contributed by atoms with Crippen LogP contribution in [0, 0.1) is 0 Å². The summed E-state index contributed by atoms with van der Waals surface area (Å²) in [7, 11) is 0. The number of H-pyrrole nitrogens is 1. The summed E-state index contributed by atoms with van der Waals surface area (Å²) in [5, 5.41) is 0. The Morgan fingerprint density at radius 2 is 2.43 bits per heavy atom. The van der Waals surface area contributed by atoms with E-state index >= 15 is 0 Å². The van der Waals surface area contributed by atoms with Crippen LogP contribution in [0.5, 0.6) is 0 Å². The number of hydrogen-bond acceptors (Lipinski definition) is 5. The number of anilines is 1. The molecule has 6 nitrogen and oxygen atoms in total. The molecule has 0 amide bonds. The van der Waals surface area contributed by atoms with Gasteiger partial charge in [-0.15, -0.1) is 0 Å². The smallest absolute Gasteiger partial charge is 0.346 e. The molecule has 1 aromatic heterocycles. The maximum atomic E-state index is 11.1. The maximum absolute atomic E-state index is 11.1. The second kappa shape index (κ2) is 4.40. The second-order valence-electron chi connectivity index (χ2n) is 2.61. The second-order valence-corrected chi connectivity index (χ2v) is 2.61. The fourth-order valence-electron chi connectivity index (χ4n) is 0.942. The Kier molecular flexibility index (Phi) is 3.22. The van der Waals surface area contributed by atoms with Crippen LogP contribution in [0.15, 0.2) is 11.0 Å². The zero-order valence-corrected chi connectivity index (χ0v) is 7.74. The summed E-state index contributed by atoms with van der Waals surface area (Å²) in [6.45, 7) is 2.03. The number of nitrogens with one attached hydrogen (secondary N) is 1. The topological polar surface area (TPSA) is 98.1 Å². The van der Waals surface area contributed by atoms with Crippen LogP contribution >= 0.6 is 0 Å². The predicted octanol–water partition coefficient (Wildman–Crippen LogP) is -0.542. The van der Waals surface area contributed by atoms with Crippen molar-refractivity contribution in [2.45, 2.75) is 13.3 Å². The fraction of sp³-hybridized carbons (Fsp3) is 0.375. The minimum atomic E-state index is -0.532. The molecule has 0 atom stereocenters. The Morgan fingerprint density at radius 3 is 3.00 bits per heavy atom. The van der Waals surface area contributed by atoms with Crippen molar-refractivity contribution >= 4 is 11.8 Å². The van der Waals surface area contributed by atoms with Gasteiger partial charge in [0.05, 0.1) is 13.0 Å². The highest BCUT2D eigenvalue weighted by atomic mass is 16.5. The molecule has 0 fully saturated rings. The monoisotopic (exact) mass is 197 g/mol. The van der Waals surface area contributed by atoms with Gasteiger partial charge in [-0.1, -0.05) is 0 Å². The third-order valence-corrected chi connectivity index (χ3v) is 1.57. The molecule has 0 aliphatic heterocycles. The Bertz CT molecular complexity index is 386. The van der Waals surface area contributed by atoms with Crippen molar-refractivity contribution < 1.29 is 9.53 Å². The number of hydrogen-bond donors (Lipinski definition) is 2. The van der Waals surface area contributed by atoms with E-state index in [1.165, 1.54) is 6.20 Å². The maximum Gasteiger partial charge on any atom is 0.346 e. The van der Waals surface area contributed by atoms with E-state index in [0.717, 1.165) is 0 Å². The van der Waals surface area contributed by atoms with Crippen molar-refractivity contribution in [2.75, 3.05) is 12.3 Å². The number of esters is 1. The highest BCUT2D eigenvalue weighted by molar-refractivity contribution is 5.73. The van der Waals surface area contributed by atoms with Crippen LogP contribution in [-0.2, 0) is 16.0 Å². The molecule has 0 bridgehead atoms. The molecule has 1 rings (SSSR count). The van der Waals surface area contributed by atoms with Crippen LogP contribution in [-0.4, -0.2) is 22.5 Å². The number of nitrogens with two attached hydrogens (primary N) is 1. The van der Waals surface area contributed by atoms with Crippen LogP contribution in [0.1, 0.15) is 12.5 Å². The van der Waals surface area contributed by atoms with E-state index < -0.39 is 11.7 Å².